The molecule has 4 nitrogen and oxygen atoms in total. The van der Waals surface area contributed by atoms with Gasteiger partial charge < -0.3 is 11.1 Å². The summed E-state index contributed by atoms with van der Waals surface area (Å²) >= 11 is 0. The number of rotatable bonds is 1. The monoisotopic (exact) mass is 170 g/mol. The van der Waals surface area contributed by atoms with E-state index in [2.05, 4.69) is 14.9 Å². The van der Waals surface area contributed by atoms with E-state index in [1.165, 1.54) is 6.26 Å². The third kappa shape index (κ3) is 1.91. The number of para-hydroxylation sites is 1. The molecule has 2 aromatic rings. The molecule has 0 amide bonds. The van der Waals surface area contributed by atoms with E-state index in [-0.39, 0.29) is 26.0 Å². The molecule has 1 heterocycles. The minimum atomic E-state index is 0. The average molecular weight is 170 g/mol. The van der Waals surface area contributed by atoms with Crippen LogP contribution in [0, 0.1) is 0 Å². The zero-order chi connectivity index (χ0) is 8.39. The van der Waals surface area contributed by atoms with Crippen molar-refractivity contribution in [2.24, 2.45) is 0 Å². The predicted molar refractivity (Wildman–Crippen MR) is 42.5 cm³/mol. The number of phenolic OH excluding ortho intramolecular Hbond substituents is 1. The Balaban J connectivity index is 0.000000845. The number of aromatic nitrogens is 2. The van der Waals surface area contributed by atoms with Crippen molar-refractivity contribution in [2.75, 3.05) is 0 Å². The molecule has 0 saturated carbocycles. The Morgan fingerprint density at radius 1 is 1.31 bits per heavy atom. The number of phenols is 1. The van der Waals surface area contributed by atoms with Crippen LogP contribution in [0.25, 0.3) is 11.3 Å². The molecule has 5 heteroatoms. The van der Waals surface area contributed by atoms with E-state index in [9.17, 15) is 5.11 Å². The van der Waals surface area contributed by atoms with Crippen LogP contribution < -0.4 is 18.9 Å². The van der Waals surface area contributed by atoms with E-state index in [1.807, 2.05) is 6.07 Å². The molecule has 1 aromatic carbocycles. The third-order valence-electron chi connectivity index (χ3n) is 1.54. The standard InChI is InChI=1S/C8H6N2O2.Li.H/c11-8-4-2-1-3-6(8)7-5-12-10-9-7;;/h1-5,11H;;/q;+1;-1. The molecule has 0 aliphatic heterocycles. The molecule has 0 aliphatic carbocycles. The van der Waals surface area contributed by atoms with Gasteiger partial charge in [-0.25, -0.2) is 0 Å². The summed E-state index contributed by atoms with van der Waals surface area (Å²) in [4.78, 5) is 0. The second kappa shape index (κ2) is 4.12. The Labute approximate surface area is 88.2 Å². The average Bonchev–Trinajstić information content (AvgIpc) is 2.57. The van der Waals surface area contributed by atoms with Crippen molar-refractivity contribution >= 4 is 0 Å². The van der Waals surface area contributed by atoms with Crippen molar-refractivity contribution in [1.29, 1.82) is 0 Å². The summed E-state index contributed by atoms with van der Waals surface area (Å²) in [6, 6.07) is 6.88. The minimum Gasteiger partial charge on any atom is -1.00 e. The van der Waals surface area contributed by atoms with Crippen LogP contribution in [0.3, 0.4) is 0 Å². The summed E-state index contributed by atoms with van der Waals surface area (Å²) in [5, 5.41) is 16.3. The quantitative estimate of drug-likeness (QED) is 0.532. The second-order valence-electron chi connectivity index (χ2n) is 2.31. The van der Waals surface area contributed by atoms with Crippen LogP contribution in [0.4, 0.5) is 0 Å². The van der Waals surface area contributed by atoms with Gasteiger partial charge in [-0.3, -0.25) is 0 Å². The molecule has 0 spiro atoms. The topological polar surface area (TPSA) is 59.2 Å². The van der Waals surface area contributed by atoms with Crippen molar-refractivity contribution < 1.29 is 29.9 Å². The first-order chi connectivity index (χ1) is 5.88. The summed E-state index contributed by atoms with van der Waals surface area (Å²) in [6.07, 6.45) is 1.38. The van der Waals surface area contributed by atoms with Crippen LogP contribution in [0.15, 0.2) is 35.1 Å². The van der Waals surface area contributed by atoms with Crippen molar-refractivity contribution in [3.8, 4) is 17.0 Å². The third-order valence-corrected chi connectivity index (χ3v) is 1.54. The number of benzene rings is 1. The fraction of sp³-hybridized carbons (Fsp3) is 0. The van der Waals surface area contributed by atoms with E-state index in [0.29, 0.717) is 11.3 Å². The maximum absolute atomic E-state index is 9.37. The molecule has 0 atom stereocenters. The number of aromatic hydroxyl groups is 1. The van der Waals surface area contributed by atoms with Crippen LogP contribution in [0.2, 0.25) is 0 Å². The van der Waals surface area contributed by atoms with Gasteiger partial charge in [0.2, 0.25) is 0 Å². The van der Waals surface area contributed by atoms with Crippen LogP contribution in [0.1, 0.15) is 1.43 Å². The number of hydrogen-bond donors (Lipinski definition) is 1. The van der Waals surface area contributed by atoms with Crippen LogP contribution in [-0.4, -0.2) is 15.5 Å². The fourth-order valence-corrected chi connectivity index (χ4v) is 0.972. The SMILES string of the molecule is Oc1ccccc1-c1conn1.[H-].[Li+]. The fourth-order valence-electron chi connectivity index (χ4n) is 0.972. The van der Waals surface area contributed by atoms with Gasteiger partial charge >= 0.3 is 18.9 Å². The first-order valence-electron chi connectivity index (χ1n) is 3.43. The van der Waals surface area contributed by atoms with Crippen LogP contribution in [0.5, 0.6) is 5.75 Å². The smallest absolute Gasteiger partial charge is 1.00 e. The largest absolute Gasteiger partial charge is 1.00 e. The Morgan fingerprint density at radius 3 is 2.69 bits per heavy atom. The van der Waals surface area contributed by atoms with Gasteiger partial charge in [0.1, 0.15) is 11.4 Å². The zero-order valence-corrected chi connectivity index (χ0v) is 7.14. The summed E-state index contributed by atoms with van der Waals surface area (Å²) in [7, 11) is 0. The van der Waals surface area contributed by atoms with E-state index >= 15 is 0 Å². The van der Waals surface area contributed by atoms with Crippen LogP contribution in [-0.2, 0) is 0 Å². The number of hydrogen-bond acceptors (Lipinski definition) is 4. The molecule has 0 radical (unpaired) electrons. The van der Waals surface area contributed by atoms with Crippen LogP contribution >= 0.6 is 0 Å². The number of nitrogens with zero attached hydrogens (tertiary/aromatic N) is 2. The van der Waals surface area contributed by atoms with E-state index in [0.717, 1.165) is 0 Å². The van der Waals surface area contributed by atoms with Gasteiger partial charge in [0.15, 0.2) is 6.26 Å². The maximum atomic E-state index is 9.37. The first-order valence-corrected chi connectivity index (χ1v) is 3.43. The van der Waals surface area contributed by atoms with Gasteiger partial charge in [-0.15, -0.1) is 5.10 Å². The van der Waals surface area contributed by atoms with Crippen molar-refractivity contribution in [2.45, 2.75) is 0 Å². The second-order valence-corrected chi connectivity index (χ2v) is 2.31. The molecule has 1 N–H and O–H groups in total. The Kier molecular flexibility index (Phi) is 3.12. The zero-order valence-electron chi connectivity index (χ0n) is 8.14. The molecule has 62 valence electrons. The molecular formula is C8H7LiN2O2. The minimum absolute atomic E-state index is 0. The molecule has 1 aromatic heterocycles. The van der Waals surface area contributed by atoms with Gasteiger partial charge in [-0.1, -0.05) is 12.1 Å². The molecule has 0 saturated heterocycles. The van der Waals surface area contributed by atoms with Gasteiger partial charge in [0.25, 0.3) is 0 Å². The van der Waals surface area contributed by atoms with E-state index < -0.39 is 0 Å². The molecular weight excluding hydrogens is 163 g/mol. The first kappa shape index (κ1) is 9.84. The van der Waals surface area contributed by atoms with Gasteiger partial charge in [0, 0.05) is 10.8 Å². The molecule has 0 bridgehead atoms. The van der Waals surface area contributed by atoms with Crippen molar-refractivity contribution in [3.05, 3.63) is 30.5 Å². The van der Waals surface area contributed by atoms with Gasteiger partial charge in [0.05, 0.1) is 0 Å². The molecule has 0 aliphatic rings. The summed E-state index contributed by atoms with van der Waals surface area (Å²) in [5.74, 6) is 0.174. The molecule has 0 unspecified atom stereocenters. The molecule has 13 heavy (non-hydrogen) atoms. The van der Waals surface area contributed by atoms with Gasteiger partial charge in [-0.2, -0.15) is 0 Å². The maximum Gasteiger partial charge on any atom is 1.00 e. The predicted octanol–water partition coefficient (Wildman–Crippen LogP) is -1.44. The summed E-state index contributed by atoms with van der Waals surface area (Å²) in [5.41, 5.74) is 1.16. The van der Waals surface area contributed by atoms with E-state index in [4.69, 9.17) is 0 Å². The normalized spacial score (nSPS) is 9.23. The van der Waals surface area contributed by atoms with E-state index in [1.54, 1.807) is 18.2 Å². The van der Waals surface area contributed by atoms with Gasteiger partial charge in [-0.05, 0) is 12.1 Å². The molecule has 2 rings (SSSR count). The Hall–Kier alpha value is -1.24. The Bertz CT molecular complexity index is 381. The van der Waals surface area contributed by atoms with Crippen molar-refractivity contribution in [1.82, 2.24) is 10.4 Å². The van der Waals surface area contributed by atoms with Crippen molar-refractivity contribution in [3.63, 3.8) is 0 Å². The molecule has 0 fully saturated rings. The summed E-state index contributed by atoms with van der Waals surface area (Å²) in [6.45, 7) is 0. The Morgan fingerprint density at radius 2 is 2.08 bits per heavy atom. The summed E-state index contributed by atoms with van der Waals surface area (Å²) < 4.78 is 4.55.